The Balaban J connectivity index is 2.21. The minimum absolute atomic E-state index is 0.0492. The van der Waals surface area contributed by atoms with E-state index < -0.39 is 0 Å². The first-order valence-corrected chi connectivity index (χ1v) is 14.0. The van der Waals surface area contributed by atoms with Crippen LogP contribution < -0.4 is 9.47 Å². The molecule has 0 aliphatic heterocycles. The molecule has 1 aromatic carbocycles. The van der Waals surface area contributed by atoms with Crippen molar-refractivity contribution >= 4 is 23.2 Å². The Labute approximate surface area is 226 Å². The summed E-state index contributed by atoms with van der Waals surface area (Å²) in [5.41, 5.74) is 1.05. The number of thiophene rings is 1. The Kier molecular flexibility index (Phi) is 13.5. The third-order valence-corrected chi connectivity index (χ3v) is 7.55. The normalized spacial score (nSPS) is 11.7. The van der Waals surface area contributed by atoms with Gasteiger partial charge in [-0.2, -0.15) is 0 Å². The molecule has 0 aliphatic rings. The lowest BCUT2D eigenvalue weighted by atomic mass is 9.97. The minimum atomic E-state index is -0.0650. The predicted molar refractivity (Wildman–Crippen MR) is 149 cm³/mol. The van der Waals surface area contributed by atoms with Crippen LogP contribution in [0.15, 0.2) is 30.3 Å². The monoisotopic (exact) mass is 532 g/mol. The maximum atomic E-state index is 13.7. The van der Waals surface area contributed by atoms with E-state index in [1.54, 1.807) is 37.6 Å². The van der Waals surface area contributed by atoms with Gasteiger partial charge in [0.05, 0.1) is 33.9 Å². The van der Waals surface area contributed by atoms with Crippen LogP contribution in [0.25, 0.3) is 0 Å². The van der Waals surface area contributed by atoms with E-state index in [-0.39, 0.29) is 24.3 Å². The standard InChI is InChI=1S/C29H44N2O5S/c1-7-9-10-24(8-2)29(33)31(17-18-34-4)21-28(32)30(20-25-13-11-22(3)37-25)16-15-23-12-14-26(35-5)27(19-23)36-6/h11-14,19,24H,7-10,15-18,20-21H2,1-6H3. The van der Waals surface area contributed by atoms with Gasteiger partial charge in [-0.05, 0) is 56.0 Å². The van der Waals surface area contributed by atoms with Crippen LogP contribution in [0.5, 0.6) is 11.5 Å². The molecular formula is C29H44N2O5S. The van der Waals surface area contributed by atoms with E-state index >= 15 is 0 Å². The van der Waals surface area contributed by atoms with Gasteiger partial charge in [0.1, 0.15) is 0 Å². The number of rotatable bonds is 17. The molecule has 37 heavy (non-hydrogen) atoms. The topological polar surface area (TPSA) is 68.3 Å². The first kappa shape index (κ1) is 30.6. The summed E-state index contributed by atoms with van der Waals surface area (Å²) >= 11 is 1.69. The highest BCUT2D eigenvalue weighted by Crippen LogP contribution is 2.28. The predicted octanol–water partition coefficient (Wildman–Crippen LogP) is 5.34. The number of carbonyl (C=O) groups excluding carboxylic acids is 2. The molecular weight excluding hydrogens is 488 g/mol. The summed E-state index contributed by atoms with van der Waals surface area (Å²) < 4.78 is 16.1. The molecule has 0 saturated carbocycles. The van der Waals surface area contributed by atoms with Crippen molar-refractivity contribution < 1.29 is 23.8 Å². The summed E-state index contributed by atoms with van der Waals surface area (Å²) in [6.07, 6.45) is 4.34. The van der Waals surface area contributed by atoms with E-state index in [4.69, 9.17) is 14.2 Å². The Morgan fingerprint density at radius 1 is 0.973 bits per heavy atom. The van der Waals surface area contributed by atoms with Crippen molar-refractivity contribution in [1.82, 2.24) is 9.80 Å². The summed E-state index contributed by atoms with van der Waals surface area (Å²) in [5, 5.41) is 0. The van der Waals surface area contributed by atoms with Crippen LogP contribution in [-0.2, 0) is 27.3 Å². The molecule has 0 aliphatic carbocycles. The van der Waals surface area contributed by atoms with Crippen LogP contribution >= 0.6 is 11.3 Å². The third-order valence-electron chi connectivity index (χ3n) is 6.57. The van der Waals surface area contributed by atoms with Gasteiger partial charge in [0, 0.05) is 35.9 Å². The molecule has 2 aromatic rings. The number of hydrogen-bond acceptors (Lipinski definition) is 6. The molecule has 1 unspecified atom stereocenters. The van der Waals surface area contributed by atoms with E-state index in [0.29, 0.717) is 44.2 Å². The zero-order valence-electron chi connectivity index (χ0n) is 23.4. The summed E-state index contributed by atoms with van der Waals surface area (Å²) in [6, 6.07) is 9.97. The van der Waals surface area contributed by atoms with E-state index in [1.807, 2.05) is 30.0 Å². The van der Waals surface area contributed by atoms with Crippen LogP contribution in [0.3, 0.4) is 0 Å². The van der Waals surface area contributed by atoms with E-state index in [1.165, 1.54) is 4.88 Å². The molecule has 0 bridgehead atoms. The number of nitrogens with zero attached hydrogens (tertiary/aromatic N) is 2. The molecule has 1 atom stereocenters. The van der Waals surface area contributed by atoms with Gasteiger partial charge in [-0.3, -0.25) is 9.59 Å². The Bertz CT molecular complexity index is 977. The van der Waals surface area contributed by atoms with E-state index in [0.717, 1.165) is 36.1 Å². The van der Waals surface area contributed by atoms with Gasteiger partial charge in [-0.15, -0.1) is 11.3 Å². The zero-order valence-corrected chi connectivity index (χ0v) is 24.2. The van der Waals surface area contributed by atoms with Crippen molar-refractivity contribution in [3.63, 3.8) is 0 Å². The largest absolute Gasteiger partial charge is 0.493 e. The van der Waals surface area contributed by atoms with Gasteiger partial charge in [0.15, 0.2) is 11.5 Å². The molecule has 1 aromatic heterocycles. The molecule has 0 radical (unpaired) electrons. The van der Waals surface area contributed by atoms with E-state index in [2.05, 4.69) is 26.0 Å². The Morgan fingerprint density at radius 3 is 2.32 bits per heavy atom. The molecule has 8 heteroatoms. The lowest BCUT2D eigenvalue weighted by molar-refractivity contribution is -0.144. The minimum Gasteiger partial charge on any atom is -0.493 e. The molecule has 0 fully saturated rings. The second-order valence-corrected chi connectivity index (χ2v) is 10.6. The number of amides is 2. The highest BCUT2D eigenvalue weighted by molar-refractivity contribution is 7.11. The fourth-order valence-electron chi connectivity index (χ4n) is 4.29. The van der Waals surface area contributed by atoms with Crippen molar-refractivity contribution in [3.8, 4) is 11.5 Å². The average molecular weight is 533 g/mol. The molecule has 1 heterocycles. The van der Waals surface area contributed by atoms with Gasteiger partial charge in [-0.25, -0.2) is 0 Å². The molecule has 2 rings (SSSR count). The molecule has 2 amide bonds. The number of carbonyl (C=O) groups is 2. The number of benzene rings is 1. The summed E-state index contributed by atoms with van der Waals surface area (Å²) in [5.74, 6) is 1.27. The highest BCUT2D eigenvalue weighted by Gasteiger charge is 2.26. The first-order chi connectivity index (χ1) is 17.9. The van der Waals surface area contributed by atoms with Gasteiger partial charge in [0.25, 0.3) is 0 Å². The second kappa shape index (κ2) is 16.3. The van der Waals surface area contributed by atoms with Gasteiger partial charge in [-0.1, -0.05) is 32.8 Å². The van der Waals surface area contributed by atoms with Crippen LogP contribution in [0.2, 0.25) is 0 Å². The van der Waals surface area contributed by atoms with Gasteiger partial charge >= 0.3 is 0 Å². The maximum absolute atomic E-state index is 13.7. The number of hydrogen-bond donors (Lipinski definition) is 0. The van der Waals surface area contributed by atoms with Crippen LogP contribution in [0.1, 0.15) is 54.8 Å². The molecule has 206 valence electrons. The number of unbranched alkanes of at least 4 members (excludes halogenated alkanes) is 1. The fourth-order valence-corrected chi connectivity index (χ4v) is 5.20. The molecule has 0 spiro atoms. The van der Waals surface area contributed by atoms with Crippen molar-refractivity contribution in [2.24, 2.45) is 5.92 Å². The Morgan fingerprint density at radius 2 is 1.73 bits per heavy atom. The second-order valence-electron chi connectivity index (χ2n) is 9.27. The number of ether oxygens (including phenoxy) is 3. The van der Waals surface area contributed by atoms with E-state index in [9.17, 15) is 9.59 Å². The third kappa shape index (κ3) is 9.67. The lowest BCUT2D eigenvalue weighted by Crippen LogP contribution is -2.46. The summed E-state index contributed by atoms with van der Waals surface area (Å²) in [4.78, 5) is 32.9. The number of aryl methyl sites for hydroxylation is 1. The van der Waals surface area contributed by atoms with Gasteiger partial charge < -0.3 is 24.0 Å². The molecule has 7 nitrogen and oxygen atoms in total. The molecule has 0 saturated heterocycles. The quantitative estimate of drug-likeness (QED) is 0.275. The van der Waals surface area contributed by atoms with Crippen LogP contribution in [-0.4, -0.2) is 69.2 Å². The fraction of sp³-hybridized carbons (Fsp3) is 0.586. The lowest BCUT2D eigenvalue weighted by Gasteiger charge is -2.30. The van der Waals surface area contributed by atoms with Crippen molar-refractivity contribution in [3.05, 3.63) is 45.6 Å². The first-order valence-electron chi connectivity index (χ1n) is 13.2. The smallest absolute Gasteiger partial charge is 0.242 e. The zero-order chi connectivity index (χ0) is 27.2. The summed E-state index contributed by atoms with van der Waals surface area (Å²) in [7, 11) is 4.85. The van der Waals surface area contributed by atoms with Crippen LogP contribution in [0.4, 0.5) is 0 Å². The van der Waals surface area contributed by atoms with Gasteiger partial charge in [0.2, 0.25) is 11.8 Å². The van der Waals surface area contributed by atoms with Crippen molar-refractivity contribution in [2.45, 2.75) is 59.4 Å². The Hall–Kier alpha value is -2.58. The number of methoxy groups -OCH3 is 3. The average Bonchev–Trinajstić information content (AvgIpc) is 3.33. The SMILES string of the molecule is CCCCC(CC)C(=O)N(CCOC)CC(=O)N(CCc1ccc(OC)c(OC)c1)Cc1ccc(C)s1. The highest BCUT2D eigenvalue weighted by atomic mass is 32.1. The summed E-state index contributed by atoms with van der Waals surface area (Å²) in [6.45, 7) is 8.16. The van der Waals surface area contributed by atoms with Crippen molar-refractivity contribution in [1.29, 1.82) is 0 Å². The molecule has 0 N–H and O–H groups in total. The van der Waals surface area contributed by atoms with Crippen LogP contribution in [0, 0.1) is 12.8 Å². The maximum Gasteiger partial charge on any atom is 0.242 e. The van der Waals surface area contributed by atoms with Crippen molar-refractivity contribution in [2.75, 3.05) is 47.6 Å².